The van der Waals surface area contributed by atoms with Gasteiger partial charge in [-0.1, -0.05) is 6.92 Å². The fourth-order valence-corrected chi connectivity index (χ4v) is 3.48. The van der Waals surface area contributed by atoms with E-state index in [4.69, 9.17) is 4.74 Å². The molecule has 8 nitrogen and oxygen atoms in total. The van der Waals surface area contributed by atoms with Crippen LogP contribution < -0.4 is 10.6 Å². The van der Waals surface area contributed by atoms with Crippen molar-refractivity contribution in [2.24, 2.45) is 10.9 Å². The highest BCUT2D eigenvalue weighted by molar-refractivity contribution is 7.13. The summed E-state index contributed by atoms with van der Waals surface area (Å²) in [4.78, 5) is 21.3. The molecule has 148 valence electrons. The number of ether oxygens (including phenoxy) is 1. The maximum Gasteiger partial charge on any atom is 0.350 e. The number of rotatable bonds is 8. The fraction of sp³-hybridized carbons (Fsp3) is 0.556. The maximum atomic E-state index is 12.0. The lowest BCUT2D eigenvalue weighted by molar-refractivity contribution is 0.0531. The van der Waals surface area contributed by atoms with Crippen molar-refractivity contribution >= 4 is 23.3 Å². The van der Waals surface area contributed by atoms with Gasteiger partial charge >= 0.3 is 5.97 Å². The standard InChI is InChI=1S/C18H28N6O2S/c1-6-26-17(25)15-13(3)22-16(27-15)14(4)23-18(19-5)20-10-12(2)11-24-9-7-8-21-24/h7-9,12,14H,6,10-11H2,1-5H3,(H2,19,20,23). The minimum absolute atomic E-state index is 0.0792. The van der Waals surface area contributed by atoms with Crippen LogP contribution in [0.3, 0.4) is 0 Å². The molecule has 0 fully saturated rings. The van der Waals surface area contributed by atoms with E-state index in [2.05, 4.69) is 32.6 Å². The van der Waals surface area contributed by atoms with Crippen LogP contribution in [-0.4, -0.2) is 46.9 Å². The van der Waals surface area contributed by atoms with Crippen LogP contribution >= 0.6 is 11.3 Å². The molecular weight excluding hydrogens is 364 g/mol. The number of hydrogen-bond acceptors (Lipinski definition) is 6. The Labute approximate surface area is 164 Å². The summed E-state index contributed by atoms with van der Waals surface area (Å²) in [5.41, 5.74) is 0.692. The Kier molecular flexibility index (Phi) is 7.78. The number of carbonyl (C=O) groups excluding carboxylic acids is 1. The first-order valence-corrected chi connectivity index (χ1v) is 9.85. The molecule has 2 unspecified atom stereocenters. The molecule has 0 aliphatic rings. The molecule has 0 radical (unpaired) electrons. The van der Waals surface area contributed by atoms with Crippen LogP contribution in [0.15, 0.2) is 23.5 Å². The number of nitrogens with one attached hydrogen (secondary N) is 2. The molecule has 2 aromatic rings. The third kappa shape index (κ3) is 6.06. The average molecular weight is 393 g/mol. The van der Waals surface area contributed by atoms with Crippen molar-refractivity contribution in [3.8, 4) is 0 Å². The quantitative estimate of drug-likeness (QED) is 0.407. The molecule has 9 heteroatoms. The monoisotopic (exact) mass is 392 g/mol. The van der Waals surface area contributed by atoms with Gasteiger partial charge in [-0.3, -0.25) is 9.67 Å². The molecule has 0 aromatic carbocycles. The smallest absolute Gasteiger partial charge is 0.350 e. The Morgan fingerprint density at radius 3 is 2.85 bits per heavy atom. The summed E-state index contributed by atoms with van der Waals surface area (Å²) in [6, 6.07) is 1.84. The van der Waals surface area contributed by atoms with Crippen molar-refractivity contribution < 1.29 is 9.53 Å². The molecule has 0 saturated heterocycles. The van der Waals surface area contributed by atoms with Crippen molar-refractivity contribution in [1.82, 2.24) is 25.4 Å². The molecule has 2 heterocycles. The van der Waals surface area contributed by atoms with Crippen LogP contribution in [0.25, 0.3) is 0 Å². The molecule has 2 atom stereocenters. The second-order valence-corrected chi connectivity index (χ2v) is 7.37. The Balaban J connectivity index is 1.90. The lowest BCUT2D eigenvalue weighted by atomic mass is 10.2. The van der Waals surface area contributed by atoms with Gasteiger partial charge in [-0.05, 0) is 32.8 Å². The summed E-state index contributed by atoms with van der Waals surface area (Å²) in [5.74, 6) is 0.762. The number of thiazole rings is 1. The molecule has 27 heavy (non-hydrogen) atoms. The van der Waals surface area contributed by atoms with Gasteiger partial charge in [-0.25, -0.2) is 9.78 Å². The molecule has 0 bridgehead atoms. The van der Waals surface area contributed by atoms with Gasteiger partial charge in [-0.2, -0.15) is 5.10 Å². The molecule has 0 aliphatic carbocycles. The SMILES string of the molecule is CCOC(=O)c1sc(C(C)NC(=NC)NCC(C)Cn2cccn2)nc1C. The first-order chi connectivity index (χ1) is 12.9. The van der Waals surface area contributed by atoms with Crippen molar-refractivity contribution in [3.63, 3.8) is 0 Å². The number of aryl methyl sites for hydroxylation is 1. The van der Waals surface area contributed by atoms with Crippen molar-refractivity contribution in [2.45, 2.75) is 40.3 Å². The van der Waals surface area contributed by atoms with Gasteiger partial charge in [0.05, 0.1) is 18.3 Å². The molecular formula is C18H28N6O2S. The van der Waals surface area contributed by atoms with Gasteiger partial charge in [0.1, 0.15) is 9.88 Å². The number of aliphatic imine (C=N–C) groups is 1. The second kappa shape index (κ2) is 10.1. The summed E-state index contributed by atoms with van der Waals surface area (Å²) in [6.45, 7) is 9.71. The Morgan fingerprint density at radius 2 is 2.22 bits per heavy atom. The van der Waals surface area contributed by atoms with Gasteiger partial charge in [-0.15, -0.1) is 11.3 Å². The second-order valence-electron chi connectivity index (χ2n) is 6.34. The predicted octanol–water partition coefficient (Wildman–Crippen LogP) is 2.39. The highest BCUT2D eigenvalue weighted by Gasteiger charge is 2.20. The zero-order valence-electron chi connectivity index (χ0n) is 16.5. The summed E-state index contributed by atoms with van der Waals surface area (Å²) < 4.78 is 7.00. The average Bonchev–Trinajstić information content (AvgIpc) is 3.28. The minimum atomic E-state index is -0.319. The molecule has 0 spiro atoms. The first-order valence-electron chi connectivity index (χ1n) is 9.03. The van der Waals surface area contributed by atoms with E-state index in [1.165, 1.54) is 11.3 Å². The number of esters is 1. The summed E-state index contributed by atoms with van der Waals surface area (Å²) in [5, 5.41) is 11.7. The van der Waals surface area contributed by atoms with Crippen LogP contribution in [0.4, 0.5) is 0 Å². The van der Waals surface area contributed by atoms with Crippen molar-refractivity contribution in [3.05, 3.63) is 34.0 Å². The molecule has 2 rings (SSSR count). The van der Waals surface area contributed by atoms with Gasteiger partial charge in [0.2, 0.25) is 0 Å². The van der Waals surface area contributed by atoms with Crippen LogP contribution in [0.5, 0.6) is 0 Å². The molecule has 0 amide bonds. The third-order valence-electron chi connectivity index (χ3n) is 3.90. The topological polar surface area (TPSA) is 93.4 Å². The van der Waals surface area contributed by atoms with Gasteiger partial charge < -0.3 is 15.4 Å². The number of nitrogens with zero attached hydrogens (tertiary/aromatic N) is 4. The van der Waals surface area contributed by atoms with E-state index in [1.807, 2.05) is 30.8 Å². The number of aromatic nitrogens is 3. The summed E-state index contributed by atoms with van der Waals surface area (Å²) in [7, 11) is 1.73. The van der Waals surface area contributed by atoms with Gasteiger partial charge in [0, 0.05) is 32.5 Å². The zero-order chi connectivity index (χ0) is 19.8. The highest BCUT2D eigenvalue weighted by Crippen LogP contribution is 2.24. The number of carbonyl (C=O) groups is 1. The summed E-state index contributed by atoms with van der Waals surface area (Å²) in [6.07, 6.45) is 3.74. The molecule has 0 saturated carbocycles. The molecule has 2 N–H and O–H groups in total. The zero-order valence-corrected chi connectivity index (χ0v) is 17.3. The van der Waals surface area contributed by atoms with Crippen LogP contribution in [-0.2, 0) is 11.3 Å². The van der Waals surface area contributed by atoms with E-state index in [0.717, 1.165) is 18.1 Å². The van der Waals surface area contributed by atoms with Crippen molar-refractivity contribution in [2.75, 3.05) is 20.2 Å². The van der Waals surface area contributed by atoms with Gasteiger partial charge in [0.25, 0.3) is 0 Å². The molecule has 2 aromatic heterocycles. The van der Waals surface area contributed by atoms with E-state index < -0.39 is 0 Å². The van der Waals surface area contributed by atoms with Crippen LogP contribution in [0.1, 0.15) is 47.2 Å². The van der Waals surface area contributed by atoms with E-state index in [-0.39, 0.29) is 12.0 Å². The lowest BCUT2D eigenvalue weighted by Gasteiger charge is -2.18. The number of guanidine groups is 1. The Hall–Kier alpha value is -2.42. The van der Waals surface area contributed by atoms with E-state index in [9.17, 15) is 4.79 Å². The van der Waals surface area contributed by atoms with Crippen LogP contribution in [0.2, 0.25) is 0 Å². The predicted molar refractivity (Wildman–Crippen MR) is 107 cm³/mol. The maximum absolute atomic E-state index is 12.0. The lowest BCUT2D eigenvalue weighted by Crippen LogP contribution is -2.41. The fourth-order valence-electron chi connectivity index (χ4n) is 2.51. The van der Waals surface area contributed by atoms with E-state index in [0.29, 0.717) is 29.1 Å². The molecule has 0 aliphatic heterocycles. The van der Waals surface area contributed by atoms with E-state index >= 15 is 0 Å². The van der Waals surface area contributed by atoms with Gasteiger partial charge in [0.15, 0.2) is 5.96 Å². The Bertz CT molecular complexity index is 756. The largest absolute Gasteiger partial charge is 0.462 e. The first kappa shape index (κ1) is 20.9. The van der Waals surface area contributed by atoms with E-state index in [1.54, 1.807) is 20.2 Å². The number of hydrogen-bond donors (Lipinski definition) is 2. The minimum Gasteiger partial charge on any atom is -0.462 e. The van der Waals surface area contributed by atoms with Crippen LogP contribution in [0, 0.1) is 12.8 Å². The third-order valence-corrected chi connectivity index (χ3v) is 5.22. The highest BCUT2D eigenvalue weighted by atomic mass is 32.1. The van der Waals surface area contributed by atoms with Crippen molar-refractivity contribution in [1.29, 1.82) is 0 Å². The summed E-state index contributed by atoms with van der Waals surface area (Å²) >= 11 is 1.35. The normalized spacial score (nSPS) is 13.9. The Morgan fingerprint density at radius 1 is 1.44 bits per heavy atom.